The van der Waals surface area contributed by atoms with Gasteiger partial charge in [0.1, 0.15) is 0 Å². The van der Waals surface area contributed by atoms with E-state index < -0.39 is 0 Å². The van der Waals surface area contributed by atoms with Crippen molar-refractivity contribution in [2.24, 2.45) is 0 Å². The minimum absolute atomic E-state index is 0.142. The van der Waals surface area contributed by atoms with E-state index in [2.05, 4.69) is 10.4 Å². The van der Waals surface area contributed by atoms with E-state index in [0.717, 1.165) is 45.5 Å². The third-order valence-electron chi connectivity index (χ3n) is 5.07. The Bertz CT molecular complexity index is 1180. The first-order valence-corrected chi connectivity index (χ1v) is 9.37. The maximum Gasteiger partial charge on any atom is 0.256 e. The molecule has 28 heavy (non-hydrogen) atoms. The molecule has 0 saturated carbocycles. The average Bonchev–Trinajstić information content (AvgIpc) is 3.20. The molecule has 2 aromatic carbocycles. The zero-order chi connectivity index (χ0) is 19.7. The highest BCUT2D eigenvalue weighted by atomic mass is 16.1. The Kier molecular flexibility index (Phi) is 4.65. The summed E-state index contributed by atoms with van der Waals surface area (Å²) in [4.78, 5) is 17.9. The first kappa shape index (κ1) is 17.9. The van der Waals surface area contributed by atoms with Crippen LogP contribution in [-0.4, -0.2) is 20.7 Å². The zero-order valence-electron chi connectivity index (χ0n) is 16.2. The molecule has 0 radical (unpaired) electrons. The van der Waals surface area contributed by atoms with Crippen molar-refractivity contribution in [3.05, 3.63) is 77.6 Å². The second-order valence-electron chi connectivity index (χ2n) is 6.86. The number of hydrogen-bond donors (Lipinski definition) is 1. The Morgan fingerprint density at radius 2 is 1.93 bits per heavy atom. The van der Waals surface area contributed by atoms with Gasteiger partial charge in [-0.15, -0.1) is 0 Å². The summed E-state index contributed by atoms with van der Waals surface area (Å²) >= 11 is 0. The number of aryl methyl sites for hydroxylation is 2. The van der Waals surface area contributed by atoms with Crippen LogP contribution in [0.4, 0.5) is 5.69 Å². The molecule has 0 saturated heterocycles. The minimum atomic E-state index is -0.142. The summed E-state index contributed by atoms with van der Waals surface area (Å²) in [5, 5.41) is 8.23. The number of fused-ring (bicyclic) bond motifs is 1. The van der Waals surface area contributed by atoms with Gasteiger partial charge < -0.3 is 5.32 Å². The summed E-state index contributed by atoms with van der Waals surface area (Å²) < 4.78 is 1.85. The summed E-state index contributed by atoms with van der Waals surface area (Å²) in [6, 6.07) is 15.5. The van der Waals surface area contributed by atoms with Crippen LogP contribution >= 0.6 is 0 Å². The van der Waals surface area contributed by atoms with Crippen molar-refractivity contribution in [1.82, 2.24) is 14.8 Å². The van der Waals surface area contributed by atoms with Gasteiger partial charge in [-0.05, 0) is 50.1 Å². The van der Waals surface area contributed by atoms with Gasteiger partial charge in [0.05, 0.1) is 23.0 Å². The zero-order valence-corrected chi connectivity index (χ0v) is 16.2. The van der Waals surface area contributed by atoms with Crippen molar-refractivity contribution < 1.29 is 4.79 Å². The van der Waals surface area contributed by atoms with Gasteiger partial charge >= 0.3 is 0 Å². The number of benzene rings is 2. The number of para-hydroxylation sites is 1. The SMILES string of the molecule is CCn1cc(-c2cc(C(=O)Nc3cccc(C)c3C)c3ccccc3n2)cn1. The predicted octanol–water partition coefficient (Wildman–Crippen LogP) is 4.99. The van der Waals surface area contributed by atoms with Gasteiger partial charge in [-0.2, -0.15) is 5.10 Å². The van der Waals surface area contributed by atoms with Crippen molar-refractivity contribution >= 4 is 22.5 Å². The van der Waals surface area contributed by atoms with Crippen LogP contribution in [0, 0.1) is 13.8 Å². The number of nitrogens with zero attached hydrogens (tertiary/aromatic N) is 3. The third-order valence-corrected chi connectivity index (χ3v) is 5.07. The van der Waals surface area contributed by atoms with Crippen LogP contribution in [0.2, 0.25) is 0 Å². The van der Waals surface area contributed by atoms with E-state index in [-0.39, 0.29) is 5.91 Å². The number of rotatable bonds is 4. The summed E-state index contributed by atoms with van der Waals surface area (Å²) in [6.07, 6.45) is 3.73. The molecule has 0 aliphatic heterocycles. The number of nitrogens with one attached hydrogen (secondary N) is 1. The number of aromatic nitrogens is 3. The summed E-state index contributed by atoms with van der Waals surface area (Å²) in [6.45, 7) is 6.87. The lowest BCUT2D eigenvalue weighted by atomic mass is 10.0. The standard InChI is InChI=1S/C23H22N4O/c1-4-27-14-17(13-24-27)22-12-19(18-9-5-6-10-21(18)25-22)23(28)26-20-11-7-8-15(2)16(20)3/h5-14H,4H2,1-3H3,(H,26,28). The van der Waals surface area contributed by atoms with Crippen LogP contribution in [0.1, 0.15) is 28.4 Å². The molecule has 1 amide bonds. The molecular formula is C23H22N4O. The lowest BCUT2D eigenvalue weighted by Gasteiger charge is -2.12. The molecule has 0 aliphatic carbocycles. The molecule has 4 rings (SSSR count). The molecule has 0 aliphatic rings. The van der Waals surface area contributed by atoms with Crippen molar-refractivity contribution in [3.63, 3.8) is 0 Å². The monoisotopic (exact) mass is 370 g/mol. The average molecular weight is 370 g/mol. The maximum absolute atomic E-state index is 13.2. The fraction of sp³-hybridized carbons (Fsp3) is 0.174. The van der Waals surface area contributed by atoms with E-state index in [9.17, 15) is 4.79 Å². The van der Waals surface area contributed by atoms with Gasteiger partial charge in [0.2, 0.25) is 0 Å². The van der Waals surface area contributed by atoms with Crippen molar-refractivity contribution in [2.45, 2.75) is 27.3 Å². The van der Waals surface area contributed by atoms with Crippen LogP contribution in [0.25, 0.3) is 22.2 Å². The molecule has 4 aromatic rings. The highest BCUT2D eigenvalue weighted by molar-refractivity contribution is 6.13. The Hall–Kier alpha value is -3.47. The fourth-order valence-corrected chi connectivity index (χ4v) is 3.26. The van der Waals surface area contributed by atoms with E-state index in [1.807, 2.05) is 80.2 Å². The molecule has 0 atom stereocenters. The van der Waals surface area contributed by atoms with E-state index >= 15 is 0 Å². The number of amides is 1. The first-order valence-electron chi connectivity index (χ1n) is 9.37. The lowest BCUT2D eigenvalue weighted by molar-refractivity contribution is 0.102. The number of anilines is 1. The summed E-state index contributed by atoms with van der Waals surface area (Å²) in [5.41, 5.74) is 6.06. The van der Waals surface area contributed by atoms with Crippen LogP contribution in [-0.2, 0) is 6.54 Å². The molecular weight excluding hydrogens is 348 g/mol. The topological polar surface area (TPSA) is 59.8 Å². The molecule has 0 fully saturated rings. The third kappa shape index (κ3) is 3.27. The smallest absolute Gasteiger partial charge is 0.256 e. The van der Waals surface area contributed by atoms with Crippen LogP contribution in [0.5, 0.6) is 0 Å². The molecule has 0 spiro atoms. The number of hydrogen-bond acceptors (Lipinski definition) is 3. The maximum atomic E-state index is 13.2. The Balaban J connectivity index is 1.80. The summed E-state index contributed by atoms with van der Waals surface area (Å²) in [7, 11) is 0. The van der Waals surface area contributed by atoms with Crippen LogP contribution in [0.3, 0.4) is 0 Å². The Labute approximate surface area is 164 Å². The quantitative estimate of drug-likeness (QED) is 0.551. The Morgan fingerprint density at radius 1 is 1.11 bits per heavy atom. The molecule has 1 N–H and O–H groups in total. The van der Waals surface area contributed by atoms with E-state index in [1.165, 1.54) is 0 Å². The minimum Gasteiger partial charge on any atom is -0.322 e. The van der Waals surface area contributed by atoms with Gasteiger partial charge in [0.25, 0.3) is 5.91 Å². The van der Waals surface area contributed by atoms with Crippen molar-refractivity contribution in [2.75, 3.05) is 5.32 Å². The van der Waals surface area contributed by atoms with Crippen molar-refractivity contribution in [3.8, 4) is 11.3 Å². The van der Waals surface area contributed by atoms with Gasteiger partial charge in [0, 0.05) is 29.4 Å². The van der Waals surface area contributed by atoms with Gasteiger partial charge in [-0.1, -0.05) is 30.3 Å². The second kappa shape index (κ2) is 7.27. The fourth-order valence-electron chi connectivity index (χ4n) is 3.26. The molecule has 5 nitrogen and oxygen atoms in total. The molecule has 5 heteroatoms. The van der Waals surface area contributed by atoms with Gasteiger partial charge in [-0.25, -0.2) is 4.98 Å². The normalized spacial score (nSPS) is 11.0. The van der Waals surface area contributed by atoms with Crippen LogP contribution in [0.15, 0.2) is 60.9 Å². The van der Waals surface area contributed by atoms with Gasteiger partial charge in [0.15, 0.2) is 0 Å². The summed E-state index contributed by atoms with van der Waals surface area (Å²) in [5.74, 6) is -0.142. The molecule has 140 valence electrons. The van der Waals surface area contributed by atoms with E-state index in [1.54, 1.807) is 6.20 Å². The first-order chi connectivity index (χ1) is 13.6. The van der Waals surface area contributed by atoms with E-state index in [4.69, 9.17) is 4.98 Å². The highest BCUT2D eigenvalue weighted by Gasteiger charge is 2.16. The number of carbonyl (C=O) groups is 1. The number of carbonyl (C=O) groups excluding carboxylic acids is 1. The van der Waals surface area contributed by atoms with Crippen molar-refractivity contribution in [1.29, 1.82) is 0 Å². The van der Waals surface area contributed by atoms with Crippen LogP contribution < -0.4 is 5.32 Å². The van der Waals surface area contributed by atoms with Gasteiger partial charge in [-0.3, -0.25) is 9.48 Å². The molecule has 2 heterocycles. The van der Waals surface area contributed by atoms with E-state index in [0.29, 0.717) is 5.56 Å². The predicted molar refractivity (Wildman–Crippen MR) is 113 cm³/mol. The molecule has 0 unspecified atom stereocenters. The Morgan fingerprint density at radius 3 is 2.71 bits per heavy atom. The number of pyridine rings is 1. The largest absolute Gasteiger partial charge is 0.322 e. The molecule has 0 bridgehead atoms. The lowest BCUT2D eigenvalue weighted by Crippen LogP contribution is -2.14. The highest BCUT2D eigenvalue weighted by Crippen LogP contribution is 2.26. The molecule has 2 aromatic heterocycles. The second-order valence-corrected chi connectivity index (χ2v) is 6.86.